The van der Waals surface area contributed by atoms with Crippen molar-refractivity contribution in [2.45, 2.75) is 44.6 Å². The summed E-state index contributed by atoms with van der Waals surface area (Å²) in [6.07, 6.45) is 8.66. The van der Waals surface area contributed by atoms with Crippen molar-refractivity contribution in [1.82, 2.24) is 14.7 Å². The molecule has 1 aromatic heterocycles. The van der Waals surface area contributed by atoms with Gasteiger partial charge in [-0.2, -0.15) is 5.10 Å². The lowest BCUT2D eigenvalue weighted by Crippen LogP contribution is -2.45. The fourth-order valence-electron chi connectivity index (χ4n) is 3.57. The van der Waals surface area contributed by atoms with Gasteiger partial charge in [-0.15, -0.1) is 0 Å². The van der Waals surface area contributed by atoms with Crippen LogP contribution in [0.2, 0.25) is 0 Å². The number of carboxylic acid groups (broad SMARTS) is 1. The summed E-state index contributed by atoms with van der Waals surface area (Å²) in [6.45, 7) is 1.52. The predicted molar refractivity (Wildman–Crippen MR) is 105 cm³/mol. The molecule has 2 aliphatic rings. The minimum Gasteiger partial charge on any atom is -0.465 e. The van der Waals surface area contributed by atoms with E-state index in [9.17, 15) is 14.0 Å². The van der Waals surface area contributed by atoms with Crippen LogP contribution < -0.4 is 5.32 Å². The standard InChI is InChI=1S/C10H8FN3O2.C10H17NO2/c11-8-3-1-2-4-9(8)14-6-7(5-12-14)13-10(15)16;12-10-11(7-4-8-13-10)9-5-2-1-3-6-9/h1-6,13H,(H,15,16);9H,1-8H2. The number of nitrogens with zero attached hydrogens (tertiary/aromatic N) is 3. The average molecular weight is 404 g/mol. The molecule has 1 aliphatic carbocycles. The van der Waals surface area contributed by atoms with E-state index in [0.717, 1.165) is 13.0 Å². The van der Waals surface area contributed by atoms with Crippen molar-refractivity contribution in [3.05, 3.63) is 42.5 Å². The number of carbonyl (C=O) groups is 2. The highest BCUT2D eigenvalue weighted by molar-refractivity contribution is 5.82. The first-order chi connectivity index (χ1) is 14.0. The summed E-state index contributed by atoms with van der Waals surface area (Å²) in [5.41, 5.74) is 0.552. The Balaban J connectivity index is 0.000000169. The summed E-state index contributed by atoms with van der Waals surface area (Å²) in [5.74, 6) is -0.424. The minimum absolute atomic E-state index is 0.0850. The van der Waals surface area contributed by atoms with Gasteiger partial charge in [0, 0.05) is 12.6 Å². The van der Waals surface area contributed by atoms with E-state index in [1.165, 1.54) is 55.2 Å². The van der Waals surface area contributed by atoms with Crippen LogP contribution in [0.15, 0.2) is 36.7 Å². The van der Waals surface area contributed by atoms with E-state index >= 15 is 0 Å². The van der Waals surface area contributed by atoms with Gasteiger partial charge >= 0.3 is 12.2 Å². The second-order valence-corrected chi connectivity index (χ2v) is 7.01. The summed E-state index contributed by atoms with van der Waals surface area (Å²) in [4.78, 5) is 23.7. The highest BCUT2D eigenvalue weighted by Crippen LogP contribution is 2.24. The van der Waals surface area contributed by atoms with Crippen molar-refractivity contribution < 1.29 is 23.8 Å². The number of hydrogen-bond acceptors (Lipinski definition) is 4. The van der Waals surface area contributed by atoms with Crippen LogP contribution in [0.3, 0.4) is 0 Å². The molecular formula is C20H25FN4O4. The number of anilines is 1. The van der Waals surface area contributed by atoms with Gasteiger partial charge in [-0.25, -0.2) is 18.7 Å². The van der Waals surface area contributed by atoms with E-state index in [2.05, 4.69) is 10.4 Å². The molecule has 156 valence electrons. The predicted octanol–water partition coefficient (Wildman–Crippen LogP) is 4.26. The van der Waals surface area contributed by atoms with Gasteiger partial charge in [0.15, 0.2) is 0 Å². The first-order valence-corrected chi connectivity index (χ1v) is 9.77. The van der Waals surface area contributed by atoms with Gasteiger partial charge in [-0.1, -0.05) is 31.4 Å². The van der Waals surface area contributed by atoms with Gasteiger partial charge in [0.1, 0.15) is 11.5 Å². The number of cyclic esters (lactones) is 1. The van der Waals surface area contributed by atoms with Crippen molar-refractivity contribution in [2.75, 3.05) is 18.5 Å². The molecule has 2 heterocycles. The monoisotopic (exact) mass is 404 g/mol. The Morgan fingerprint density at radius 2 is 1.97 bits per heavy atom. The summed E-state index contributed by atoms with van der Waals surface area (Å²) in [5, 5.41) is 14.5. The average Bonchev–Trinajstić information content (AvgIpc) is 3.17. The maximum Gasteiger partial charge on any atom is 0.410 e. The fraction of sp³-hybridized carbons (Fsp3) is 0.450. The number of ether oxygens (including phenoxy) is 1. The zero-order chi connectivity index (χ0) is 20.6. The maximum absolute atomic E-state index is 13.3. The molecule has 1 aliphatic heterocycles. The number of para-hydroxylation sites is 1. The molecule has 1 aromatic carbocycles. The van der Waals surface area contributed by atoms with Crippen LogP contribution in [-0.4, -0.2) is 51.2 Å². The van der Waals surface area contributed by atoms with Gasteiger partial charge in [-0.3, -0.25) is 5.32 Å². The van der Waals surface area contributed by atoms with E-state index in [-0.39, 0.29) is 17.5 Å². The molecule has 0 atom stereocenters. The van der Waals surface area contributed by atoms with E-state index in [4.69, 9.17) is 9.84 Å². The van der Waals surface area contributed by atoms with Crippen LogP contribution in [-0.2, 0) is 4.74 Å². The zero-order valence-corrected chi connectivity index (χ0v) is 16.1. The molecule has 0 radical (unpaired) electrons. The van der Waals surface area contributed by atoms with Crippen molar-refractivity contribution in [2.24, 2.45) is 0 Å². The molecule has 2 aromatic rings. The van der Waals surface area contributed by atoms with Crippen LogP contribution in [0.4, 0.5) is 19.7 Å². The van der Waals surface area contributed by atoms with Gasteiger partial charge in [0.05, 0.1) is 24.7 Å². The number of rotatable bonds is 3. The Bertz CT molecular complexity index is 835. The summed E-state index contributed by atoms with van der Waals surface area (Å²) in [7, 11) is 0. The smallest absolute Gasteiger partial charge is 0.410 e. The Morgan fingerprint density at radius 3 is 2.66 bits per heavy atom. The molecule has 2 N–H and O–H groups in total. The molecule has 2 fully saturated rings. The van der Waals surface area contributed by atoms with Crippen molar-refractivity contribution in [3.63, 3.8) is 0 Å². The van der Waals surface area contributed by atoms with E-state index < -0.39 is 11.9 Å². The van der Waals surface area contributed by atoms with Crippen LogP contribution in [0.5, 0.6) is 0 Å². The first kappa shape index (κ1) is 20.6. The summed E-state index contributed by atoms with van der Waals surface area (Å²) in [6, 6.07) is 6.57. The van der Waals surface area contributed by atoms with Crippen molar-refractivity contribution in [3.8, 4) is 5.69 Å². The molecule has 1 saturated heterocycles. The van der Waals surface area contributed by atoms with Gasteiger partial charge < -0.3 is 14.7 Å². The van der Waals surface area contributed by atoms with Crippen molar-refractivity contribution >= 4 is 17.9 Å². The highest BCUT2D eigenvalue weighted by Gasteiger charge is 2.28. The third-order valence-corrected chi connectivity index (χ3v) is 4.95. The SMILES string of the molecule is O=C(O)Nc1cnn(-c2ccccc2F)c1.O=C1OCCCN1C1CCCCC1. The number of carbonyl (C=O) groups excluding carboxylic acids is 1. The van der Waals surface area contributed by atoms with Crippen LogP contribution >= 0.6 is 0 Å². The van der Waals surface area contributed by atoms with E-state index in [1.54, 1.807) is 18.2 Å². The molecule has 0 unspecified atom stereocenters. The third-order valence-electron chi connectivity index (χ3n) is 4.95. The molecule has 2 amide bonds. The number of aromatic nitrogens is 2. The molecule has 29 heavy (non-hydrogen) atoms. The van der Waals surface area contributed by atoms with Gasteiger partial charge in [0.25, 0.3) is 0 Å². The molecule has 0 spiro atoms. The number of nitrogens with one attached hydrogen (secondary N) is 1. The molecule has 1 saturated carbocycles. The Morgan fingerprint density at radius 1 is 1.21 bits per heavy atom. The highest BCUT2D eigenvalue weighted by atomic mass is 19.1. The lowest BCUT2D eigenvalue weighted by molar-refractivity contribution is 0.0470. The Labute approximate surface area is 168 Å². The van der Waals surface area contributed by atoms with Crippen molar-refractivity contribution in [1.29, 1.82) is 0 Å². The molecule has 8 nitrogen and oxygen atoms in total. The number of amides is 2. The lowest BCUT2D eigenvalue weighted by Gasteiger charge is -2.35. The Hall–Kier alpha value is -3.10. The molecular weight excluding hydrogens is 379 g/mol. The number of benzene rings is 1. The summed E-state index contributed by atoms with van der Waals surface area (Å²) < 4.78 is 19.6. The number of hydrogen-bond donors (Lipinski definition) is 2. The normalized spacial score (nSPS) is 17.1. The maximum atomic E-state index is 13.3. The Kier molecular flexibility index (Phi) is 7.04. The minimum atomic E-state index is -1.19. The topological polar surface area (TPSA) is 96.7 Å². The van der Waals surface area contributed by atoms with Crippen LogP contribution in [0, 0.1) is 5.82 Å². The van der Waals surface area contributed by atoms with Crippen LogP contribution in [0.25, 0.3) is 5.69 Å². The zero-order valence-electron chi connectivity index (χ0n) is 16.1. The van der Waals surface area contributed by atoms with E-state index in [0.29, 0.717) is 12.6 Å². The first-order valence-electron chi connectivity index (χ1n) is 9.77. The quantitative estimate of drug-likeness (QED) is 0.797. The second-order valence-electron chi connectivity index (χ2n) is 7.01. The van der Waals surface area contributed by atoms with Crippen LogP contribution in [0.1, 0.15) is 38.5 Å². The second kappa shape index (κ2) is 9.90. The molecule has 4 rings (SSSR count). The molecule has 9 heteroatoms. The largest absolute Gasteiger partial charge is 0.465 e. The number of halogens is 1. The van der Waals surface area contributed by atoms with E-state index in [1.807, 2.05) is 4.90 Å². The van der Waals surface area contributed by atoms with Gasteiger partial charge in [0.2, 0.25) is 0 Å². The fourth-order valence-corrected chi connectivity index (χ4v) is 3.57. The lowest BCUT2D eigenvalue weighted by atomic mass is 9.94. The van der Waals surface area contributed by atoms with Gasteiger partial charge in [-0.05, 0) is 31.4 Å². The molecule has 0 bridgehead atoms. The third kappa shape index (κ3) is 5.69. The summed E-state index contributed by atoms with van der Waals surface area (Å²) >= 11 is 0.